The number of benzene rings is 2. The molecule has 146 valence electrons. The van der Waals surface area contributed by atoms with Crippen molar-refractivity contribution in [3.05, 3.63) is 76.5 Å². The van der Waals surface area contributed by atoms with Gasteiger partial charge in [-0.3, -0.25) is 0 Å². The third-order valence-electron chi connectivity index (χ3n) is 4.64. The second-order valence-corrected chi connectivity index (χ2v) is 6.54. The molecule has 3 rings (SSSR count). The third-order valence-corrected chi connectivity index (χ3v) is 4.64. The summed E-state index contributed by atoms with van der Waals surface area (Å²) >= 11 is 0. The molecule has 0 radical (unpaired) electrons. The van der Waals surface area contributed by atoms with Crippen molar-refractivity contribution in [3.63, 3.8) is 0 Å². The topological polar surface area (TPSA) is 76.7 Å². The van der Waals surface area contributed by atoms with E-state index in [0.717, 1.165) is 11.1 Å². The van der Waals surface area contributed by atoms with Crippen LogP contribution in [0.5, 0.6) is 5.75 Å². The first-order valence-corrected chi connectivity index (χ1v) is 9.23. The molecular formula is C22H24N2O4. The molecule has 6 heteroatoms. The van der Waals surface area contributed by atoms with Gasteiger partial charge in [0.2, 0.25) is 0 Å². The van der Waals surface area contributed by atoms with Gasteiger partial charge in [0.05, 0.1) is 18.2 Å². The second kappa shape index (κ2) is 8.61. The van der Waals surface area contributed by atoms with Gasteiger partial charge in [0.25, 0.3) is 0 Å². The molecule has 1 atom stereocenters. The number of esters is 1. The predicted octanol–water partition coefficient (Wildman–Crippen LogP) is 3.77. The number of urea groups is 1. The lowest BCUT2D eigenvalue weighted by Crippen LogP contribution is -2.45. The minimum atomic E-state index is -0.652. The summed E-state index contributed by atoms with van der Waals surface area (Å²) in [5.74, 6) is 0.138. The van der Waals surface area contributed by atoms with Crippen molar-refractivity contribution in [1.29, 1.82) is 0 Å². The van der Waals surface area contributed by atoms with Crippen LogP contribution in [0.3, 0.4) is 0 Å². The maximum absolute atomic E-state index is 12.5. The van der Waals surface area contributed by atoms with Gasteiger partial charge in [0.1, 0.15) is 12.4 Å². The number of aryl methyl sites for hydroxylation is 1. The zero-order valence-corrected chi connectivity index (χ0v) is 16.2. The largest absolute Gasteiger partial charge is 0.489 e. The Bertz CT molecular complexity index is 920. The molecule has 6 nitrogen and oxygen atoms in total. The summed E-state index contributed by atoms with van der Waals surface area (Å²) in [6, 6.07) is 14.4. The monoisotopic (exact) mass is 380 g/mol. The molecule has 1 aliphatic rings. The Kier molecular flexibility index (Phi) is 5.99. The van der Waals surface area contributed by atoms with E-state index in [9.17, 15) is 9.59 Å². The zero-order chi connectivity index (χ0) is 20.1. The number of hydrogen-bond acceptors (Lipinski definition) is 4. The molecule has 0 bridgehead atoms. The van der Waals surface area contributed by atoms with Crippen LogP contribution >= 0.6 is 0 Å². The first-order chi connectivity index (χ1) is 13.5. The number of allylic oxidation sites excluding steroid dienone is 1. The quantitative estimate of drug-likeness (QED) is 0.748. The standard InChI is InChI=1S/C22H24N2O4/c1-4-27-21(25)19-15(3)23-22(26)24-20(19)17-11-7-8-12-18(17)28-13-16-10-6-5-9-14(16)2/h5-12,20H,4,13H2,1-3H3,(H2,23,24,26). The molecular weight excluding hydrogens is 356 g/mol. The first-order valence-electron chi connectivity index (χ1n) is 9.23. The molecule has 0 aliphatic carbocycles. The van der Waals surface area contributed by atoms with E-state index in [2.05, 4.69) is 10.6 Å². The average molecular weight is 380 g/mol. The van der Waals surface area contributed by atoms with Crippen LogP contribution in [-0.2, 0) is 16.1 Å². The van der Waals surface area contributed by atoms with Gasteiger partial charge >= 0.3 is 12.0 Å². The number of nitrogens with one attached hydrogen (secondary N) is 2. The van der Waals surface area contributed by atoms with Crippen molar-refractivity contribution in [2.75, 3.05) is 6.61 Å². The summed E-state index contributed by atoms with van der Waals surface area (Å²) in [4.78, 5) is 24.6. The molecule has 1 aliphatic heterocycles. The highest BCUT2D eigenvalue weighted by molar-refractivity contribution is 5.95. The van der Waals surface area contributed by atoms with E-state index in [4.69, 9.17) is 9.47 Å². The Morgan fingerprint density at radius 1 is 1.07 bits per heavy atom. The van der Waals surface area contributed by atoms with Gasteiger partial charge in [-0.05, 0) is 38.0 Å². The van der Waals surface area contributed by atoms with Gasteiger partial charge in [0, 0.05) is 11.3 Å². The Morgan fingerprint density at radius 2 is 1.79 bits per heavy atom. The van der Waals surface area contributed by atoms with Crippen LogP contribution in [-0.4, -0.2) is 18.6 Å². The molecule has 0 saturated heterocycles. The Hall–Kier alpha value is -3.28. The van der Waals surface area contributed by atoms with Crippen LogP contribution in [0, 0.1) is 6.92 Å². The van der Waals surface area contributed by atoms with E-state index in [1.807, 2.05) is 55.5 Å². The number of carbonyl (C=O) groups is 2. The Balaban J connectivity index is 1.93. The lowest BCUT2D eigenvalue weighted by molar-refractivity contribution is -0.139. The zero-order valence-electron chi connectivity index (χ0n) is 16.2. The van der Waals surface area contributed by atoms with E-state index >= 15 is 0 Å². The van der Waals surface area contributed by atoms with Crippen LogP contribution in [0.25, 0.3) is 0 Å². The average Bonchev–Trinajstić information content (AvgIpc) is 2.67. The van der Waals surface area contributed by atoms with Crippen molar-refractivity contribution < 1.29 is 19.1 Å². The molecule has 0 fully saturated rings. The molecule has 1 unspecified atom stereocenters. The van der Waals surface area contributed by atoms with Gasteiger partial charge in [-0.25, -0.2) is 9.59 Å². The number of amides is 2. The fraction of sp³-hybridized carbons (Fsp3) is 0.273. The Labute approximate surface area is 164 Å². The van der Waals surface area contributed by atoms with Crippen LogP contribution in [0.15, 0.2) is 59.8 Å². The molecule has 0 spiro atoms. The van der Waals surface area contributed by atoms with Crippen molar-refractivity contribution in [3.8, 4) is 5.75 Å². The summed E-state index contributed by atoms with van der Waals surface area (Å²) in [5, 5.41) is 5.45. The number of carbonyl (C=O) groups excluding carboxylic acids is 2. The smallest absolute Gasteiger partial charge is 0.338 e. The fourth-order valence-electron chi connectivity index (χ4n) is 3.18. The van der Waals surface area contributed by atoms with Gasteiger partial charge in [-0.1, -0.05) is 42.5 Å². The van der Waals surface area contributed by atoms with E-state index in [1.165, 1.54) is 0 Å². The molecule has 1 heterocycles. The fourth-order valence-corrected chi connectivity index (χ4v) is 3.18. The highest BCUT2D eigenvalue weighted by atomic mass is 16.5. The van der Waals surface area contributed by atoms with Crippen molar-refractivity contribution in [1.82, 2.24) is 10.6 Å². The number of hydrogen-bond donors (Lipinski definition) is 2. The van der Waals surface area contributed by atoms with Gasteiger partial charge in [-0.15, -0.1) is 0 Å². The first kappa shape index (κ1) is 19.5. The maximum Gasteiger partial charge on any atom is 0.338 e. The maximum atomic E-state index is 12.5. The summed E-state index contributed by atoms with van der Waals surface area (Å²) in [6.45, 7) is 6.11. The molecule has 2 N–H and O–H groups in total. The summed E-state index contributed by atoms with van der Waals surface area (Å²) in [6.07, 6.45) is 0. The molecule has 0 aromatic heterocycles. The SMILES string of the molecule is CCOC(=O)C1=C(C)NC(=O)NC1c1ccccc1OCc1ccccc1C. The van der Waals surface area contributed by atoms with Gasteiger partial charge < -0.3 is 20.1 Å². The Morgan fingerprint density at radius 3 is 2.54 bits per heavy atom. The van der Waals surface area contributed by atoms with Gasteiger partial charge in [-0.2, -0.15) is 0 Å². The van der Waals surface area contributed by atoms with E-state index in [1.54, 1.807) is 13.8 Å². The molecule has 2 aromatic rings. The summed E-state index contributed by atoms with van der Waals surface area (Å²) in [5.41, 5.74) is 3.75. The predicted molar refractivity (Wildman–Crippen MR) is 106 cm³/mol. The van der Waals surface area contributed by atoms with Crippen LogP contribution < -0.4 is 15.4 Å². The van der Waals surface area contributed by atoms with E-state index in [-0.39, 0.29) is 12.6 Å². The molecule has 0 saturated carbocycles. The molecule has 28 heavy (non-hydrogen) atoms. The summed E-state index contributed by atoms with van der Waals surface area (Å²) < 4.78 is 11.3. The summed E-state index contributed by atoms with van der Waals surface area (Å²) in [7, 11) is 0. The van der Waals surface area contributed by atoms with Crippen molar-refractivity contribution in [2.45, 2.75) is 33.4 Å². The van der Waals surface area contributed by atoms with E-state index in [0.29, 0.717) is 29.2 Å². The van der Waals surface area contributed by atoms with Crippen LogP contribution in [0.4, 0.5) is 4.79 Å². The number of rotatable bonds is 6. The number of para-hydroxylation sites is 1. The number of ether oxygens (including phenoxy) is 2. The molecule has 2 aromatic carbocycles. The highest BCUT2D eigenvalue weighted by Crippen LogP contribution is 2.34. The van der Waals surface area contributed by atoms with E-state index < -0.39 is 12.0 Å². The second-order valence-electron chi connectivity index (χ2n) is 6.54. The molecule has 2 amide bonds. The minimum absolute atomic E-state index is 0.252. The van der Waals surface area contributed by atoms with Crippen molar-refractivity contribution in [2.24, 2.45) is 0 Å². The third kappa shape index (κ3) is 4.17. The minimum Gasteiger partial charge on any atom is -0.489 e. The van der Waals surface area contributed by atoms with Gasteiger partial charge in [0.15, 0.2) is 0 Å². The lowest BCUT2D eigenvalue weighted by atomic mass is 9.95. The van der Waals surface area contributed by atoms with Crippen LogP contribution in [0.2, 0.25) is 0 Å². The lowest BCUT2D eigenvalue weighted by Gasteiger charge is -2.29. The van der Waals surface area contributed by atoms with Crippen LogP contribution in [0.1, 0.15) is 36.6 Å². The normalized spacial score (nSPS) is 16.2. The van der Waals surface area contributed by atoms with Crippen molar-refractivity contribution >= 4 is 12.0 Å². The highest BCUT2D eigenvalue weighted by Gasteiger charge is 2.33.